The average Bonchev–Trinajstić information content (AvgIpc) is 2.71. The van der Waals surface area contributed by atoms with E-state index in [9.17, 15) is 0 Å². The third kappa shape index (κ3) is 2.46. The summed E-state index contributed by atoms with van der Waals surface area (Å²) in [7, 11) is 0. The second-order valence-electron chi connectivity index (χ2n) is 4.18. The van der Waals surface area contributed by atoms with Gasteiger partial charge in [0.1, 0.15) is 0 Å². The Balaban J connectivity index is 2.13. The van der Waals surface area contributed by atoms with Crippen LogP contribution in [0.5, 0.6) is 0 Å². The number of aromatic amines is 1. The summed E-state index contributed by atoms with van der Waals surface area (Å²) in [6.45, 7) is 6.31. The summed E-state index contributed by atoms with van der Waals surface area (Å²) in [6.07, 6.45) is 4.63. The van der Waals surface area contributed by atoms with Gasteiger partial charge in [0.05, 0.1) is 6.04 Å². The predicted octanol–water partition coefficient (Wildman–Crippen LogP) is 2.85. The van der Waals surface area contributed by atoms with Crippen LogP contribution in [-0.2, 0) is 6.42 Å². The van der Waals surface area contributed by atoms with Crippen LogP contribution in [0.3, 0.4) is 0 Å². The third-order valence-corrected chi connectivity index (χ3v) is 3.00. The van der Waals surface area contributed by atoms with Gasteiger partial charge in [-0.15, -0.1) is 0 Å². The van der Waals surface area contributed by atoms with Gasteiger partial charge in [-0.25, -0.2) is 0 Å². The SMILES string of the molecule is CCc1[nH]nc(N[C@@H](C)c2cccnc2)c1C. The van der Waals surface area contributed by atoms with E-state index in [1.807, 2.05) is 12.3 Å². The molecule has 0 saturated heterocycles. The first kappa shape index (κ1) is 11.6. The quantitative estimate of drug-likeness (QED) is 0.849. The maximum Gasteiger partial charge on any atom is 0.151 e. The van der Waals surface area contributed by atoms with E-state index in [-0.39, 0.29) is 6.04 Å². The summed E-state index contributed by atoms with van der Waals surface area (Å²) in [5.74, 6) is 0.929. The van der Waals surface area contributed by atoms with Crippen LogP contribution in [0.25, 0.3) is 0 Å². The van der Waals surface area contributed by atoms with E-state index in [1.54, 1.807) is 6.20 Å². The molecule has 4 nitrogen and oxygen atoms in total. The zero-order chi connectivity index (χ0) is 12.3. The number of hydrogen-bond acceptors (Lipinski definition) is 3. The first-order chi connectivity index (χ1) is 8.22. The molecular formula is C13H18N4. The Labute approximate surface area is 101 Å². The van der Waals surface area contributed by atoms with E-state index >= 15 is 0 Å². The molecule has 17 heavy (non-hydrogen) atoms. The molecule has 0 spiro atoms. The number of anilines is 1. The lowest BCUT2D eigenvalue weighted by atomic mass is 10.1. The molecule has 1 atom stereocenters. The molecule has 0 bridgehead atoms. The number of H-pyrrole nitrogens is 1. The molecule has 2 heterocycles. The minimum absolute atomic E-state index is 0.204. The molecule has 0 radical (unpaired) electrons. The van der Waals surface area contributed by atoms with Crippen molar-refractivity contribution in [3.05, 3.63) is 41.3 Å². The van der Waals surface area contributed by atoms with Crippen molar-refractivity contribution in [3.63, 3.8) is 0 Å². The number of aromatic nitrogens is 3. The topological polar surface area (TPSA) is 53.6 Å². The summed E-state index contributed by atoms with van der Waals surface area (Å²) in [6, 6.07) is 4.21. The predicted molar refractivity (Wildman–Crippen MR) is 69.0 cm³/mol. The lowest BCUT2D eigenvalue weighted by Crippen LogP contribution is -2.08. The van der Waals surface area contributed by atoms with Crippen LogP contribution < -0.4 is 5.32 Å². The van der Waals surface area contributed by atoms with Crippen LogP contribution in [0.4, 0.5) is 5.82 Å². The smallest absolute Gasteiger partial charge is 0.151 e. The molecule has 0 saturated carbocycles. The largest absolute Gasteiger partial charge is 0.362 e. The standard InChI is InChI=1S/C13H18N4/c1-4-12-9(2)13(17-16-12)15-10(3)11-6-5-7-14-8-11/h5-8,10H,4H2,1-3H3,(H2,15,16,17)/t10-/m0/s1. The first-order valence-electron chi connectivity index (χ1n) is 5.92. The summed E-state index contributed by atoms with van der Waals surface area (Å²) in [5.41, 5.74) is 3.54. The van der Waals surface area contributed by atoms with Gasteiger partial charge in [-0.3, -0.25) is 10.1 Å². The van der Waals surface area contributed by atoms with Crippen molar-refractivity contribution < 1.29 is 0 Å². The molecule has 0 aliphatic heterocycles. The van der Waals surface area contributed by atoms with Crippen molar-refractivity contribution in [2.24, 2.45) is 0 Å². The van der Waals surface area contributed by atoms with Gasteiger partial charge in [0, 0.05) is 23.7 Å². The van der Waals surface area contributed by atoms with Gasteiger partial charge in [-0.2, -0.15) is 5.10 Å². The Morgan fingerprint density at radius 2 is 2.29 bits per heavy atom. The second kappa shape index (κ2) is 4.99. The number of nitrogens with zero attached hydrogens (tertiary/aromatic N) is 2. The third-order valence-electron chi connectivity index (χ3n) is 3.00. The molecule has 0 aliphatic carbocycles. The molecule has 2 aromatic rings. The normalized spacial score (nSPS) is 12.4. The van der Waals surface area contributed by atoms with Crippen LogP contribution >= 0.6 is 0 Å². The lowest BCUT2D eigenvalue weighted by Gasteiger charge is -2.13. The monoisotopic (exact) mass is 230 g/mol. The van der Waals surface area contributed by atoms with Crippen molar-refractivity contribution in [3.8, 4) is 0 Å². The van der Waals surface area contributed by atoms with Crippen LogP contribution in [0, 0.1) is 6.92 Å². The molecule has 0 amide bonds. The van der Waals surface area contributed by atoms with Crippen LogP contribution in [0.15, 0.2) is 24.5 Å². The fraction of sp³-hybridized carbons (Fsp3) is 0.385. The van der Waals surface area contributed by atoms with E-state index in [1.165, 1.54) is 11.3 Å². The number of hydrogen-bond donors (Lipinski definition) is 2. The Morgan fingerprint density at radius 3 is 2.88 bits per heavy atom. The minimum Gasteiger partial charge on any atom is -0.362 e. The first-order valence-corrected chi connectivity index (χ1v) is 5.92. The highest BCUT2D eigenvalue weighted by Crippen LogP contribution is 2.21. The molecule has 0 aromatic carbocycles. The van der Waals surface area contributed by atoms with Gasteiger partial charge in [0.15, 0.2) is 5.82 Å². The minimum atomic E-state index is 0.204. The molecule has 2 aromatic heterocycles. The van der Waals surface area contributed by atoms with Crippen LogP contribution in [-0.4, -0.2) is 15.2 Å². The summed E-state index contributed by atoms with van der Waals surface area (Å²) >= 11 is 0. The fourth-order valence-corrected chi connectivity index (χ4v) is 1.84. The Kier molecular flexibility index (Phi) is 3.42. The van der Waals surface area contributed by atoms with Crippen molar-refractivity contribution in [2.45, 2.75) is 33.2 Å². The van der Waals surface area contributed by atoms with Gasteiger partial charge in [0.25, 0.3) is 0 Å². The van der Waals surface area contributed by atoms with Crippen molar-refractivity contribution in [2.75, 3.05) is 5.32 Å². The average molecular weight is 230 g/mol. The maximum absolute atomic E-state index is 4.30. The lowest BCUT2D eigenvalue weighted by molar-refractivity contribution is 0.860. The van der Waals surface area contributed by atoms with E-state index in [0.29, 0.717) is 0 Å². The number of rotatable bonds is 4. The summed E-state index contributed by atoms with van der Waals surface area (Å²) in [4.78, 5) is 4.12. The number of pyridine rings is 1. The highest BCUT2D eigenvalue weighted by molar-refractivity contribution is 5.47. The fourth-order valence-electron chi connectivity index (χ4n) is 1.84. The highest BCUT2D eigenvalue weighted by atomic mass is 15.2. The van der Waals surface area contributed by atoms with Gasteiger partial charge < -0.3 is 5.32 Å². The maximum atomic E-state index is 4.30. The van der Waals surface area contributed by atoms with E-state index in [4.69, 9.17) is 0 Å². The summed E-state index contributed by atoms with van der Waals surface area (Å²) in [5, 5.41) is 10.7. The van der Waals surface area contributed by atoms with E-state index < -0.39 is 0 Å². The molecule has 4 heteroatoms. The van der Waals surface area contributed by atoms with Gasteiger partial charge in [-0.1, -0.05) is 13.0 Å². The van der Waals surface area contributed by atoms with E-state index in [0.717, 1.165) is 17.8 Å². The van der Waals surface area contributed by atoms with Gasteiger partial charge >= 0.3 is 0 Å². The van der Waals surface area contributed by atoms with Gasteiger partial charge in [-0.05, 0) is 31.9 Å². The van der Waals surface area contributed by atoms with Gasteiger partial charge in [0.2, 0.25) is 0 Å². The van der Waals surface area contributed by atoms with Crippen molar-refractivity contribution >= 4 is 5.82 Å². The second-order valence-corrected chi connectivity index (χ2v) is 4.18. The molecule has 90 valence electrons. The molecule has 0 unspecified atom stereocenters. The number of aryl methyl sites for hydroxylation is 1. The van der Waals surface area contributed by atoms with Crippen LogP contribution in [0.1, 0.15) is 36.7 Å². The zero-order valence-electron chi connectivity index (χ0n) is 10.5. The molecular weight excluding hydrogens is 212 g/mol. The van der Waals surface area contributed by atoms with Crippen molar-refractivity contribution in [1.29, 1.82) is 0 Å². The summed E-state index contributed by atoms with van der Waals surface area (Å²) < 4.78 is 0. The van der Waals surface area contributed by atoms with Crippen LogP contribution in [0.2, 0.25) is 0 Å². The molecule has 0 fully saturated rings. The molecule has 2 rings (SSSR count). The molecule has 2 N–H and O–H groups in total. The van der Waals surface area contributed by atoms with Crippen molar-refractivity contribution in [1.82, 2.24) is 15.2 Å². The zero-order valence-corrected chi connectivity index (χ0v) is 10.5. The Bertz CT molecular complexity index is 475. The Hall–Kier alpha value is -1.84. The highest BCUT2D eigenvalue weighted by Gasteiger charge is 2.11. The van der Waals surface area contributed by atoms with E-state index in [2.05, 4.69) is 47.3 Å². The number of nitrogens with one attached hydrogen (secondary N) is 2. The molecule has 0 aliphatic rings. The Morgan fingerprint density at radius 1 is 1.47 bits per heavy atom.